The van der Waals surface area contributed by atoms with Gasteiger partial charge in [0.2, 0.25) is 0 Å². The summed E-state index contributed by atoms with van der Waals surface area (Å²) < 4.78 is 1.15. The predicted octanol–water partition coefficient (Wildman–Crippen LogP) is 3.10. The lowest BCUT2D eigenvalue weighted by atomic mass is 9.86. The SMILES string of the molecule is NC1CCC(CNCCc2ccc(Br)cc2)CC1. The van der Waals surface area contributed by atoms with E-state index in [4.69, 9.17) is 5.73 Å². The molecule has 3 heteroatoms. The fourth-order valence-corrected chi connectivity index (χ4v) is 2.85. The van der Waals surface area contributed by atoms with Gasteiger partial charge in [0.25, 0.3) is 0 Å². The Hall–Kier alpha value is -0.380. The Bertz CT molecular complexity index is 342. The van der Waals surface area contributed by atoms with Crippen LogP contribution in [0.5, 0.6) is 0 Å². The molecular weight excluding hydrogens is 288 g/mol. The van der Waals surface area contributed by atoms with Crippen molar-refractivity contribution in [3.63, 3.8) is 0 Å². The molecule has 0 bridgehead atoms. The van der Waals surface area contributed by atoms with Crippen molar-refractivity contribution in [2.75, 3.05) is 13.1 Å². The molecule has 0 radical (unpaired) electrons. The summed E-state index contributed by atoms with van der Waals surface area (Å²) in [5.74, 6) is 0.842. The Morgan fingerprint density at radius 1 is 1.11 bits per heavy atom. The van der Waals surface area contributed by atoms with Crippen molar-refractivity contribution in [2.24, 2.45) is 11.7 Å². The van der Waals surface area contributed by atoms with E-state index in [1.807, 2.05) is 0 Å². The summed E-state index contributed by atoms with van der Waals surface area (Å²) in [6.45, 7) is 2.23. The minimum Gasteiger partial charge on any atom is -0.328 e. The van der Waals surface area contributed by atoms with E-state index in [9.17, 15) is 0 Å². The van der Waals surface area contributed by atoms with Gasteiger partial charge in [0, 0.05) is 10.5 Å². The minimum atomic E-state index is 0.462. The van der Waals surface area contributed by atoms with Gasteiger partial charge in [-0.3, -0.25) is 0 Å². The number of hydrogen-bond donors (Lipinski definition) is 2. The summed E-state index contributed by atoms with van der Waals surface area (Å²) in [4.78, 5) is 0. The van der Waals surface area contributed by atoms with Crippen LogP contribution >= 0.6 is 15.9 Å². The van der Waals surface area contributed by atoms with Crippen LogP contribution in [0, 0.1) is 5.92 Å². The standard InChI is InChI=1S/C15H23BrN2/c16-14-5-1-12(2-6-14)9-10-18-11-13-3-7-15(17)8-4-13/h1-2,5-6,13,15,18H,3-4,7-11,17H2. The van der Waals surface area contributed by atoms with Crippen molar-refractivity contribution in [1.29, 1.82) is 0 Å². The molecule has 100 valence electrons. The number of hydrogen-bond acceptors (Lipinski definition) is 2. The minimum absolute atomic E-state index is 0.462. The van der Waals surface area contributed by atoms with Crippen LogP contribution in [0.4, 0.5) is 0 Å². The lowest BCUT2D eigenvalue weighted by Gasteiger charge is -2.26. The highest BCUT2D eigenvalue weighted by Gasteiger charge is 2.17. The average molecular weight is 311 g/mol. The van der Waals surface area contributed by atoms with Crippen molar-refractivity contribution in [3.05, 3.63) is 34.3 Å². The molecule has 3 N–H and O–H groups in total. The van der Waals surface area contributed by atoms with E-state index in [1.54, 1.807) is 0 Å². The zero-order valence-electron chi connectivity index (χ0n) is 10.9. The Kier molecular flexibility index (Phi) is 5.67. The smallest absolute Gasteiger partial charge is 0.0175 e. The van der Waals surface area contributed by atoms with Crippen LogP contribution < -0.4 is 11.1 Å². The third kappa shape index (κ3) is 4.71. The van der Waals surface area contributed by atoms with Crippen LogP contribution in [0.25, 0.3) is 0 Å². The lowest BCUT2D eigenvalue weighted by molar-refractivity contribution is 0.315. The first-order chi connectivity index (χ1) is 8.74. The van der Waals surface area contributed by atoms with Gasteiger partial charge in [0.15, 0.2) is 0 Å². The molecule has 0 spiro atoms. The number of benzene rings is 1. The highest BCUT2D eigenvalue weighted by atomic mass is 79.9. The molecule has 18 heavy (non-hydrogen) atoms. The average Bonchev–Trinajstić information content (AvgIpc) is 2.39. The van der Waals surface area contributed by atoms with Gasteiger partial charge in [-0.25, -0.2) is 0 Å². The fraction of sp³-hybridized carbons (Fsp3) is 0.600. The molecule has 0 atom stereocenters. The molecule has 0 saturated heterocycles. The van der Waals surface area contributed by atoms with Crippen molar-refractivity contribution in [3.8, 4) is 0 Å². The normalized spacial score (nSPS) is 24.1. The Balaban J connectivity index is 1.60. The Labute approximate surface area is 118 Å². The van der Waals surface area contributed by atoms with Crippen LogP contribution in [0.2, 0.25) is 0 Å². The molecule has 0 heterocycles. The summed E-state index contributed by atoms with van der Waals surface area (Å²) in [5, 5.41) is 3.58. The largest absolute Gasteiger partial charge is 0.328 e. The third-order valence-electron chi connectivity index (χ3n) is 3.83. The maximum atomic E-state index is 5.92. The highest BCUT2D eigenvalue weighted by molar-refractivity contribution is 9.10. The van der Waals surface area contributed by atoms with Gasteiger partial charge in [-0.05, 0) is 68.8 Å². The molecule has 2 rings (SSSR count). The van der Waals surface area contributed by atoms with Crippen molar-refractivity contribution in [1.82, 2.24) is 5.32 Å². The van der Waals surface area contributed by atoms with E-state index >= 15 is 0 Å². The van der Waals surface area contributed by atoms with E-state index in [-0.39, 0.29) is 0 Å². The monoisotopic (exact) mass is 310 g/mol. The zero-order chi connectivity index (χ0) is 12.8. The number of nitrogens with one attached hydrogen (secondary N) is 1. The highest BCUT2D eigenvalue weighted by Crippen LogP contribution is 2.22. The first-order valence-corrected chi connectivity index (χ1v) is 7.74. The molecule has 1 aromatic carbocycles. The van der Waals surface area contributed by atoms with Gasteiger partial charge in [-0.1, -0.05) is 28.1 Å². The maximum absolute atomic E-state index is 5.92. The first kappa shape index (κ1) is 14.0. The summed E-state index contributed by atoms with van der Waals surface area (Å²) in [7, 11) is 0. The van der Waals surface area contributed by atoms with Gasteiger partial charge in [-0.15, -0.1) is 0 Å². The van der Waals surface area contributed by atoms with Gasteiger partial charge >= 0.3 is 0 Å². The number of halogens is 1. The summed E-state index contributed by atoms with van der Waals surface area (Å²) in [6.07, 6.45) is 6.12. The molecular formula is C15H23BrN2. The second-order valence-corrected chi connectivity index (χ2v) is 6.28. The molecule has 2 nitrogen and oxygen atoms in total. The third-order valence-corrected chi connectivity index (χ3v) is 4.36. The molecule has 1 aliphatic carbocycles. The molecule has 0 unspecified atom stereocenters. The predicted molar refractivity (Wildman–Crippen MR) is 80.6 cm³/mol. The van der Waals surface area contributed by atoms with E-state index in [0.717, 1.165) is 29.9 Å². The van der Waals surface area contributed by atoms with Crippen LogP contribution in [0.15, 0.2) is 28.7 Å². The molecule has 1 fully saturated rings. The van der Waals surface area contributed by atoms with Crippen LogP contribution in [-0.4, -0.2) is 19.1 Å². The van der Waals surface area contributed by atoms with E-state index < -0.39 is 0 Å². The lowest BCUT2D eigenvalue weighted by Crippen LogP contribution is -2.32. The van der Waals surface area contributed by atoms with E-state index in [1.165, 1.54) is 31.2 Å². The molecule has 1 aromatic rings. The van der Waals surface area contributed by atoms with E-state index in [2.05, 4.69) is 45.5 Å². The molecule has 0 aromatic heterocycles. The molecule has 0 aliphatic heterocycles. The Morgan fingerprint density at radius 2 is 1.78 bits per heavy atom. The van der Waals surface area contributed by atoms with E-state index in [0.29, 0.717) is 6.04 Å². The molecule has 1 saturated carbocycles. The Morgan fingerprint density at radius 3 is 2.44 bits per heavy atom. The second-order valence-electron chi connectivity index (χ2n) is 5.36. The first-order valence-electron chi connectivity index (χ1n) is 6.95. The zero-order valence-corrected chi connectivity index (χ0v) is 12.5. The summed E-state index contributed by atoms with van der Waals surface area (Å²) in [6, 6.07) is 9.05. The van der Waals surface area contributed by atoms with Crippen molar-refractivity contribution >= 4 is 15.9 Å². The maximum Gasteiger partial charge on any atom is 0.0175 e. The molecule has 0 amide bonds. The second kappa shape index (κ2) is 7.27. The van der Waals surface area contributed by atoms with Crippen LogP contribution in [0.3, 0.4) is 0 Å². The van der Waals surface area contributed by atoms with Crippen LogP contribution in [-0.2, 0) is 6.42 Å². The fourth-order valence-electron chi connectivity index (χ4n) is 2.58. The number of rotatable bonds is 5. The van der Waals surface area contributed by atoms with Gasteiger partial charge in [-0.2, -0.15) is 0 Å². The van der Waals surface area contributed by atoms with Crippen molar-refractivity contribution in [2.45, 2.75) is 38.1 Å². The summed E-state index contributed by atoms with van der Waals surface area (Å²) in [5.41, 5.74) is 7.32. The van der Waals surface area contributed by atoms with Gasteiger partial charge in [0.05, 0.1) is 0 Å². The number of nitrogens with two attached hydrogens (primary N) is 1. The van der Waals surface area contributed by atoms with Crippen molar-refractivity contribution < 1.29 is 0 Å². The quantitative estimate of drug-likeness (QED) is 0.820. The van der Waals surface area contributed by atoms with Gasteiger partial charge < -0.3 is 11.1 Å². The van der Waals surface area contributed by atoms with Crippen LogP contribution in [0.1, 0.15) is 31.2 Å². The topological polar surface area (TPSA) is 38.0 Å². The molecule has 1 aliphatic rings. The van der Waals surface area contributed by atoms with Gasteiger partial charge in [0.1, 0.15) is 0 Å². The summed E-state index contributed by atoms with van der Waals surface area (Å²) >= 11 is 3.46.